The van der Waals surface area contributed by atoms with Crippen LogP contribution in [0.3, 0.4) is 0 Å². The summed E-state index contributed by atoms with van der Waals surface area (Å²) in [6, 6.07) is 12.7. The number of hydrogen-bond donors (Lipinski definition) is 0. The smallest absolute Gasteiger partial charge is 0.303 e. The van der Waals surface area contributed by atoms with Gasteiger partial charge in [-0.2, -0.15) is 0 Å². The Morgan fingerprint density at radius 3 is 2.30 bits per heavy atom. The highest BCUT2D eigenvalue weighted by Gasteiger charge is 2.50. The van der Waals surface area contributed by atoms with Crippen molar-refractivity contribution >= 4 is 27.8 Å². The Balaban J connectivity index is 1.97. The molecule has 0 spiro atoms. The summed E-state index contributed by atoms with van der Waals surface area (Å²) in [6.07, 6.45) is -0.859. The van der Waals surface area contributed by atoms with E-state index in [2.05, 4.69) is 15.9 Å². The quantitative estimate of drug-likeness (QED) is 0.515. The maximum absolute atomic E-state index is 12.7. The number of likely N-dealkylation sites (tertiary alicyclic amines) is 1. The third-order valence-electron chi connectivity index (χ3n) is 4.46. The largest absolute Gasteiger partial charge is 0.497 e. The van der Waals surface area contributed by atoms with Crippen LogP contribution in [0.1, 0.15) is 24.1 Å². The molecule has 142 valence electrons. The van der Waals surface area contributed by atoms with Crippen LogP contribution in [-0.4, -0.2) is 37.1 Å². The zero-order valence-corrected chi connectivity index (χ0v) is 16.9. The molecule has 0 N–H and O–H groups in total. The third kappa shape index (κ3) is 3.93. The van der Waals surface area contributed by atoms with Gasteiger partial charge >= 0.3 is 5.97 Å². The van der Waals surface area contributed by atoms with Gasteiger partial charge in [0.05, 0.1) is 14.2 Å². The number of carbonyl (C=O) groups excluding carboxylic acids is 2. The van der Waals surface area contributed by atoms with Crippen molar-refractivity contribution in [3.8, 4) is 11.5 Å². The number of β-lactam (4-membered cyclic amide) rings is 1. The summed E-state index contributed by atoms with van der Waals surface area (Å²) in [7, 11) is 3.12. The lowest BCUT2D eigenvalue weighted by Crippen LogP contribution is -2.59. The van der Waals surface area contributed by atoms with Crippen LogP contribution in [0.15, 0.2) is 46.9 Å². The Morgan fingerprint density at radius 1 is 1.11 bits per heavy atom. The van der Waals surface area contributed by atoms with Gasteiger partial charge in [-0.15, -0.1) is 0 Å². The highest BCUT2D eigenvalue weighted by molar-refractivity contribution is 9.10. The molecule has 1 aliphatic rings. The highest BCUT2D eigenvalue weighted by atomic mass is 79.9. The summed E-state index contributed by atoms with van der Waals surface area (Å²) < 4.78 is 16.9. The summed E-state index contributed by atoms with van der Waals surface area (Å²) in [5.41, 5.74) is 1.75. The van der Waals surface area contributed by atoms with Crippen molar-refractivity contribution in [2.24, 2.45) is 0 Å². The molecular formula is C20H20BrNO5. The van der Waals surface area contributed by atoms with Crippen LogP contribution < -0.4 is 9.47 Å². The summed E-state index contributed by atoms with van der Waals surface area (Å²) in [4.78, 5) is 25.8. The second kappa shape index (κ2) is 8.00. The minimum atomic E-state index is -0.859. The Bertz CT molecular complexity index is 847. The molecule has 0 aromatic heterocycles. The average Bonchev–Trinajstić information content (AvgIpc) is 2.67. The van der Waals surface area contributed by atoms with Gasteiger partial charge in [-0.25, -0.2) is 0 Å². The van der Waals surface area contributed by atoms with Gasteiger partial charge < -0.3 is 19.1 Å². The number of benzene rings is 2. The molecule has 1 fully saturated rings. The van der Waals surface area contributed by atoms with Crippen LogP contribution in [0.25, 0.3) is 0 Å². The lowest BCUT2D eigenvalue weighted by atomic mass is 9.89. The predicted octanol–water partition coefficient (Wildman–Crippen LogP) is 3.48. The van der Waals surface area contributed by atoms with Crippen LogP contribution in [0.2, 0.25) is 0 Å². The highest BCUT2D eigenvalue weighted by Crippen LogP contribution is 2.41. The number of amides is 1. The van der Waals surface area contributed by atoms with Crippen molar-refractivity contribution in [1.29, 1.82) is 0 Å². The maximum atomic E-state index is 12.7. The summed E-state index contributed by atoms with van der Waals surface area (Å²) in [5.74, 6) is 0.485. The molecule has 1 amide bonds. The van der Waals surface area contributed by atoms with E-state index in [-0.39, 0.29) is 5.91 Å². The number of esters is 1. The average molecular weight is 434 g/mol. The van der Waals surface area contributed by atoms with Gasteiger partial charge in [0.1, 0.15) is 17.5 Å². The van der Waals surface area contributed by atoms with E-state index < -0.39 is 18.1 Å². The van der Waals surface area contributed by atoms with Gasteiger partial charge in [-0.3, -0.25) is 9.59 Å². The van der Waals surface area contributed by atoms with E-state index in [9.17, 15) is 9.59 Å². The van der Waals surface area contributed by atoms with Gasteiger partial charge in [0.25, 0.3) is 5.91 Å². The van der Waals surface area contributed by atoms with Crippen LogP contribution >= 0.6 is 15.9 Å². The number of nitrogens with zero attached hydrogens (tertiary/aromatic N) is 1. The molecule has 0 radical (unpaired) electrons. The SMILES string of the molecule is COc1cc(OC)cc(C2C(OC(C)=O)C(=O)N2Cc2ccccc2Br)c1. The fourth-order valence-corrected chi connectivity index (χ4v) is 3.56. The molecule has 2 aromatic rings. The van der Waals surface area contributed by atoms with E-state index in [1.54, 1.807) is 25.2 Å². The zero-order chi connectivity index (χ0) is 19.6. The first kappa shape index (κ1) is 19.2. The molecule has 0 saturated carbocycles. The number of ether oxygens (including phenoxy) is 3. The van der Waals surface area contributed by atoms with Crippen molar-refractivity contribution in [1.82, 2.24) is 4.90 Å². The van der Waals surface area contributed by atoms with E-state index in [1.807, 2.05) is 36.4 Å². The molecule has 0 aliphatic carbocycles. The van der Waals surface area contributed by atoms with Crippen molar-refractivity contribution in [3.05, 3.63) is 58.1 Å². The van der Waals surface area contributed by atoms with E-state index >= 15 is 0 Å². The van der Waals surface area contributed by atoms with Crippen LogP contribution in [0.5, 0.6) is 11.5 Å². The van der Waals surface area contributed by atoms with Crippen molar-refractivity contribution < 1.29 is 23.8 Å². The molecular weight excluding hydrogens is 414 g/mol. The number of methoxy groups -OCH3 is 2. The fraction of sp³-hybridized carbons (Fsp3) is 0.300. The predicted molar refractivity (Wildman–Crippen MR) is 103 cm³/mol. The lowest BCUT2D eigenvalue weighted by Gasteiger charge is -2.46. The Hall–Kier alpha value is -2.54. The number of carbonyl (C=O) groups is 2. The van der Waals surface area contributed by atoms with E-state index in [1.165, 1.54) is 6.92 Å². The fourth-order valence-electron chi connectivity index (χ4n) is 3.15. The first-order valence-electron chi connectivity index (χ1n) is 8.38. The molecule has 7 heteroatoms. The molecule has 27 heavy (non-hydrogen) atoms. The number of hydrogen-bond acceptors (Lipinski definition) is 5. The summed E-state index contributed by atoms with van der Waals surface area (Å²) in [6.45, 7) is 1.69. The second-order valence-electron chi connectivity index (χ2n) is 6.18. The molecule has 2 unspecified atom stereocenters. The summed E-state index contributed by atoms with van der Waals surface area (Å²) in [5, 5.41) is 0. The maximum Gasteiger partial charge on any atom is 0.303 e. The molecule has 1 aliphatic heterocycles. The van der Waals surface area contributed by atoms with Gasteiger partial charge in [0, 0.05) is 24.0 Å². The number of rotatable bonds is 6. The minimum absolute atomic E-state index is 0.229. The molecule has 2 atom stereocenters. The molecule has 1 saturated heterocycles. The molecule has 6 nitrogen and oxygen atoms in total. The van der Waals surface area contributed by atoms with E-state index in [0.29, 0.717) is 18.0 Å². The van der Waals surface area contributed by atoms with Gasteiger partial charge in [0.2, 0.25) is 6.10 Å². The topological polar surface area (TPSA) is 65.1 Å². The van der Waals surface area contributed by atoms with Gasteiger partial charge in [0.15, 0.2) is 0 Å². The van der Waals surface area contributed by atoms with E-state index in [4.69, 9.17) is 14.2 Å². The Labute approximate surface area is 166 Å². The van der Waals surface area contributed by atoms with Crippen LogP contribution in [0.4, 0.5) is 0 Å². The molecule has 3 rings (SSSR count). The zero-order valence-electron chi connectivity index (χ0n) is 15.3. The second-order valence-corrected chi connectivity index (χ2v) is 7.03. The monoisotopic (exact) mass is 433 g/mol. The van der Waals surface area contributed by atoms with E-state index in [0.717, 1.165) is 15.6 Å². The summed E-state index contributed by atoms with van der Waals surface area (Å²) >= 11 is 3.51. The first-order chi connectivity index (χ1) is 12.9. The Morgan fingerprint density at radius 2 is 1.74 bits per heavy atom. The van der Waals surface area contributed by atoms with Crippen molar-refractivity contribution in [3.63, 3.8) is 0 Å². The first-order valence-corrected chi connectivity index (χ1v) is 9.18. The molecule has 0 bridgehead atoms. The normalized spacial score (nSPS) is 18.7. The minimum Gasteiger partial charge on any atom is -0.497 e. The number of halogens is 1. The van der Waals surface area contributed by atoms with Gasteiger partial charge in [-0.1, -0.05) is 34.1 Å². The Kier molecular flexibility index (Phi) is 5.70. The van der Waals surface area contributed by atoms with Crippen LogP contribution in [-0.2, 0) is 20.9 Å². The third-order valence-corrected chi connectivity index (χ3v) is 5.23. The lowest BCUT2D eigenvalue weighted by molar-refractivity contribution is -0.183. The molecule has 2 aromatic carbocycles. The molecule has 1 heterocycles. The van der Waals surface area contributed by atoms with Gasteiger partial charge in [-0.05, 0) is 29.3 Å². The standard InChI is InChI=1S/C20H20BrNO5/c1-12(23)27-19-18(14-8-15(25-2)10-16(9-14)26-3)22(20(19)24)11-13-6-4-5-7-17(13)21/h4-10,18-19H,11H2,1-3H3. The van der Waals surface area contributed by atoms with Crippen molar-refractivity contribution in [2.45, 2.75) is 25.6 Å². The van der Waals surface area contributed by atoms with Crippen LogP contribution in [0, 0.1) is 0 Å². The van der Waals surface area contributed by atoms with Crippen molar-refractivity contribution in [2.75, 3.05) is 14.2 Å².